The van der Waals surface area contributed by atoms with E-state index in [1.165, 1.54) is 15.5 Å². The van der Waals surface area contributed by atoms with Gasteiger partial charge in [0, 0.05) is 53.9 Å². The molecule has 1 aliphatic heterocycles. The van der Waals surface area contributed by atoms with Gasteiger partial charge in [-0.1, -0.05) is 29.8 Å². The molecule has 57 heavy (non-hydrogen) atoms. The lowest BCUT2D eigenvalue weighted by Gasteiger charge is -2.40. The lowest BCUT2D eigenvalue weighted by molar-refractivity contribution is 0.0503. The number of piperidine rings is 1. The van der Waals surface area contributed by atoms with Crippen molar-refractivity contribution in [2.75, 3.05) is 17.5 Å². The van der Waals surface area contributed by atoms with Crippen LogP contribution in [0.4, 0.5) is 15.0 Å². The Labute approximate surface area is 334 Å². The number of aryl methyl sites for hydroxylation is 2. The Kier molecular flexibility index (Phi) is 8.49. The van der Waals surface area contributed by atoms with E-state index in [1.54, 1.807) is 28.9 Å². The molecule has 13 nitrogen and oxygen atoms in total. The summed E-state index contributed by atoms with van der Waals surface area (Å²) in [4.78, 5) is 29.7. The van der Waals surface area contributed by atoms with Crippen LogP contribution in [0.2, 0.25) is 5.02 Å². The average Bonchev–Trinajstić information content (AvgIpc) is 3.33. The maximum atomic E-state index is 16.2. The first-order chi connectivity index (χ1) is 26.9. The number of anilines is 1. The minimum atomic E-state index is -3.61. The number of likely N-dealkylation sites (tertiary alicyclic amines) is 1. The van der Waals surface area contributed by atoms with Gasteiger partial charge >= 0.3 is 6.09 Å². The summed E-state index contributed by atoms with van der Waals surface area (Å²) >= 11 is 6.63. The number of rotatable bonds is 8. The SMILES string of the molecule is Cc1c(-c2cc3ccc(-c4ccc(Cl)c5c(NS(C)(=O)=O)nn(C)c45)cc3n2CC2CC2)nn2cc(C(=O)N3CC4CCC3[C@@H]4N(C(=O)O)C(C)(C)C)cc(F)c12. The number of pyridine rings is 1. The van der Waals surface area contributed by atoms with Crippen molar-refractivity contribution >= 4 is 66.8 Å². The Hall–Kier alpha value is -5.15. The zero-order chi connectivity index (χ0) is 40.5. The molecule has 3 atom stereocenters. The van der Waals surface area contributed by atoms with Crippen molar-refractivity contribution in [3.8, 4) is 22.5 Å². The van der Waals surface area contributed by atoms with Gasteiger partial charge in [0.25, 0.3) is 5.91 Å². The Morgan fingerprint density at radius 3 is 2.49 bits per heavy atom. The predicted molar refractivity (Wildman–Crippen MR) is 218 cm³/mol. The number of benzene rings is 2. The van der Waals surface area contributed by atoms with E-state index in [0.717, 1.165) is 59.8 Å². The van der Waals surface area contributed by atoms with Gasteiger partial charge in [-0.15, -0.1) is 0 Å². The van der Waals surface area contributed by atoms with Crippen molar-refractivity contribution in [1.82, 2.24) is 33.8 Å². The Morgan fingerprint density at radius 1 is 1.05 bits per heavy atom. The number of aromatic nitrogens is 5. The molecule has 16 heteroatoms. The molecular formula is C41H44ClFN8O5S. The number of fused-ring (bicyclic) bond motifs is 5. The van der Waals surface area contributed by atoms with Crippen LogP contribution in [0.25, 0.3) is 49.8 Å². The maximum absolute atomic E-state index is 16.2. The van der Waals surface area contributed by atoms with Crippen LogP contribution in [-0.4, -0.2) is 89.7 Å². The monoisotopic (exact) mass is 814 g/mol. The molecule has 3 fully saturated rings. The smallest absolute Gasteiger partial charge is 0.408 e. The van der Waals surface area contributed by atoms with Gasteiger partial charge in [0.1, 0.15) is 17.0 Å². The van der Waals surface area contributed by atoms with E-state index in [1.807, 2.05) is 45.9 Å². The van der Waals surface area contributed by atoms with Crippen LogP contribution in [-0.2, 0) is 23.6 Å². The van der Waals surface area contributed by atoms with Crippen molar-refractivity contribution in [3.63, 3.8) is 0 Å². The van der Waals surface area contributed by atoms with Crippen LogP contribution in [0.5, 0.6) is 0 Å². The third-order valence-electron chi connectivity index (χ3n) is 12.0. The molecule has 6 aromatic rings. The lowest BCUT2D eigenvalue weighted by Crippen LogP contribution is -2.55. The van der Waals surface area contributed by atoms with Gasteiger partial charge in [0.15, 0.2) is 5.82 Å². The molecule has 2 N–H and O–H groups in total. The van der Waals surface area contributed by atoms with E-state index >= 15 is 4.39 Å². The molecule has 2 amide bonds. The summed E-state index contributed by atoms with van der Waals surface area (Å²) < 4.78 is 48.3. The highest BCUT2D eigenvalue weighted by Gasteiger charge is 2.54. The molecule has 0 radical (unpaired) electrons. The second-order valence-corrected chi connectivity index (χ2v) is 19.2. The average molecular weight is 815 g/mol. The number of amides is 2. The molecule has 2 bridgehead atoms. The Bertz CT molecular complexity index is 2800. The number of hydrogen-bond acceptors (Lipinski definition) is 6. The summed E-state index contributed by atoms with van der Waals surface area (Å²) in [5, 5.41) is 21.4. The van der Waals surface area contributed by atoms with Gasteiger partial charge in [-0.05, 0) is 95.0 Å². The van der Waals surface area contributed by atoms with Crippen LogP contribution in [0.15, 0.2) is 48.7 Å². The Morgan fingerprint density at radius 2 is 1.81 bits per heavy atom. The highest BCUT2D eigenvalue weighted by molar-refractivity contribution is 7.92. The first-order valence-corrected chi connectivity index (χ1v) is 21.4. The normalized spacial score (nSPS) is 19.7. The molecular weight excluding hydrogens is 771 g/mol. The number of carbonyl (C=O) groups is 2. The van der Waals surface area contributed by atoms with Crippen molar-refractivity contribution < 1.29 is 27.5 Å². The lowest BCUT2D eigenvalue weighted by atomic mass is 9.98. The standard InChI is InChI=1S/C41H44ClFN8O5S/c1-21-34(44-50-20-26(15-29(43)35(21)50)39(52)49-19-25-11-14-30(49)36(25)51(40(53)54)41(2,3)4)32-17-24-10-9-23(16-31(24)48(32)18-22-7-8-22)27-12-13-28(42)33-37(27)47(5)45-38(33)46-57(6,55)56/h9-10,12-13,15-17,20,22,25,30,36H,7-8,11,14,18-19H2,1-6H3,(H,45,46)(H,53,54)/t25?,30?,36-/m1/s1. The van der Waals surface area contributed by atoms with Gasteiger partial charge in [0.2, 0.25) is 10.0 Å². The highest BCUT2D eigenvalue weighted by Crippen LogP contribution is 2.45. The minimum absolute atomic E-state index is 0.0134. The first-order valence-electron chi connectivity index (χ1n) is 19.2. The number of carbonyl (C=O) groups excluding carboxylic acids is 1. The summed E-state index contributed by atoms with van der Waals surface area (Å²) in [5.74, 6) is -0.232. The number of nitrogens with one attached hydrogen (secondary N) is 1. The molecule has 2 aliphatic carbocycles. The highest BCUT2D eigenvalue weighted by atomic mass is 35.5. The number of carboxylic acid groups (broad SMARTS) is 1. The van der Waals surface area contributed by atoms with Crippen molar-refractivity contribution in [2.45, 2.75) is 77.5 Å². The first kappa shape index (κ1) is 37.4. The molecule has 2 saturated carbocycles. The van der Waals surface area contributed by atoms with Gasteiger partial charge in [-0.3, -0.25) is 19.1 Å². The number of hydrogen-bond donors (Lipinski definition) is 2. The van der Waals surface area contributed by atoms with Crippen LogP contribution in [0.1, 0.15) is 62.4 Å². The fourth-order valence-corrected chi connectivity index (χ4v) is 10.2. The molecule has 0 spiro atoms. The fourth-order valence-electron chi connectivity index (χ4n) is 9.48. The van der Waals surface area contributed by atoms with Crippen LogP contribution in [0.3, 0.4) is 0 Å². The molecule has 3 aliphatic rings. The van der Waals surface area contributed by atoms with E-state index in [4.69, 9.17) is 16.7 Å². The summed E-state index contributed by atoms with van der Waals surface area (Å²) in [7, 11) is -1.86. The summed E-state index contributed by atoms with van der Waals surface area (Å²) in [6.07, 6.45) is 5.39. The van der Waals surface area contributed by atoms with E-state index in [-0.39, 0.29) is 40.8 Å². The summed E-state index contributed by atoms with van der Waals surface area (Å²) in [6, 6.07) is 12.5. The zero-order valence-corrected chi connectivity index (χ0v) is 34.1. The topological polar surface area (TPSA) is 147 Å². The molecule has 2 aromatic carbocycles. The molecule has 5 heterocycles. The van der Waals surface area contributed by atoms with Crippen LogP contribution in [0, 0.1) is 24.6 Å². The summed E-state index contributed by atoms with van der Waals surface area (Å²) in [6.45, 7) is 8.61. The molecule has 298 valence electrons. The van der Waals surface area contributed by atoms with Crippen molar-refractivity contribution in [2.24, 2.45) is 18.9 Å². The zero-order valence-electron chi connectivity index (χ0n) is 32.5. The molecule has 4 aromatic heterocycles. The fraction of sp³-hybridized carbons (Fsp3) is 0.415. The van der Waals surface area contributed by atoms with E-state index < -0.39 is 27.5 Å². The van der Waals surface area contributed by atoms with E-state index in [2.05, 4.69) is 26.5 Å². The van der Waals surface area contributed by atoms with Crippen LogP contribution >= 0.6 is 11.6 Å². The second-order valence-electron chi connectivity index (χ2n) is 17.0. The van der Waals surface area contributed by atoms with E-state index in [0.29, 0.717) is 46.1 Å². The third kappa shape index (κ3) is 6.20. The van der Waals surface area contributed by atoms with Crippen molar-refractivity contribution in [1.29, 1.82) is 0 Å². The number of nitrogens with zero attached hydrogens (tertiary/aromatic N) is 7. The maximum Gasteiger partial charge on any atom is 0.408 e. The molecule has 9 rings (SSSR count). The Balaban J connectivity index is 1.11. The summed E-state index contributed by atoms with van der Waals surface area (Å²) in [5.41, 5.74) is 5.25. The number of halogens is 2. The van der Waals surface area contributed by atoms with Gasteiger partial charge in [-0.25, -0.2) is 22.1 Å². The minimum Gasteiger partial charge on any atom is -0.465 e. The van der Waals surface area contributed by atoms with E-state index in [9.17, 15) is 23.1 Å². The molecule has 1 saturated heterocycles. The van der Waals surface area contributed by atoms with Crippen molar-refractivity contribution in [3.05, 3.63) is 70.6 Å². The quantitative estimate of drug-likeness (QED) is 0.160. The number of sulfonamides is 1. The van der Waals surface area contributed by atoms with Gasteiger partial charge in [0.05, 0.1) is 45.5 Å². The van der Waals surface area contributed by atoms with Gasteiger partial charge in [-0.2, -0.15) is 10.2 Å². The van der Waals surface area contributed by atoms with Gasteiger partial charge < -0.3 is 14.6 Å². The molecule has 2 unspecified atom stereocenters. The predicted octanol–water partition coefficient (Wildman–Crippen LogP) is 7.77. The second kappa shape index (κ2) is 12.9. The largest absolute Gasteiger partial charge is 0.465 e. The third-order valence-corrected chi connectivity index (χ3v) is 12.9. The van der Waals surface area contributed by atoms with Crippen LogP contribution < -0.4 is 4.72 Å².